The second-order valence-electron chi connectivity index (χ2n) is 7.57. The Morgan fingerprint density at radius 2 is 1.73 bits per heavy atom. The van der Waals surface area contributed by atoms with Gasteiger partial charge in [-0.1, -0.05) is 60.7 Å². The summed E-state index contributed by atoms with van der Waals surface area (Å²) < 4.78 is 0. The first-order valence-electron chi connectivity index (χ1n) is 10.6. The predicted molar refractivity (Wildman–Crippen MR) is 135 cm³/mol. The molecule has 1 aromatic heterocycles. The molecule has 5 nitrogen and oxygen atoms in total. The predicted octanol–water partition coefficient (Wildman–Crippen LogP) is 5.74. The van der Waals surface area contributed by atoms with Crippen LogP contribution in [0.1, 0.15) is 15.9 Å². The standard InChI is InChI=1S/C26H21N3O2S2/c30-24(29-15-14-19-10-4-6-12-22(19)29)17-32-23-13-7-5-11-20(23)25(31)28-26-27-21(16-33-26)18-8-2-1-3-9-18/h1-13,16H,14-15,17H2,(H,27,28,31). The van der Waals surface area contributed by atoms with Crippen molar-refractivity contribution >= 4 is 45.7 Å². The number of carbonyl (C=O) groups excluding carboxylic acids is 2. The number of benzene rings is 3. The van der Waals surface area contributed by atoms with Crippen molar-refractivity contribution in [3.63, 3.8) is 0 Å². The minimum Gasteiger partial charge on any atom is -0.311 e. The topological polar surface area (TPSA) is 62.3 Å². The van der Waals surface area contributed by atoms with Crippen molar-refractivity contribution < 1.29 is 9.59 Å². The molecule has 4 aromatic rings. The normalized spacial score (nSPS) is 12.4. The van der Waals surface area contributed by atoms with E-state index in [9.17, 15) is 9.59 Å². The third kappa shape index (κ3) is 4.69. The van der Waals surface area contributed by atoms with E-state index in [1.165, 1.54) is 28.7 Å². The highest BCUT2D eigenvalue weighted by molar-refractivity contribution is 8.00. The van der Waals surface area contributed by atoms with E-state index in [4.69, 9.17) is 0 Å². The highest BCUT2D eigenvalue weighted by Gasteiger charge is 2.24. The fourth-order valence-corrected chi connectivity index (χ4v) is 5.47. The zero-order valence-electron chi connectivity index (χ0n) is 17.7. The first-order valence-corrected chi connectivity index (χ1v) is 12.5. The Hall–Kier alpha value is -3.42. The minimum absolute atomic E-state index is 0.0487. The molecule has 0 saturated heterocycles. The molecular formula is C26H21N3O2S2. The summed E-state index contributed by atoms with van der Waals surface area (Å²) in [6.45, 7) is 0.703. The van der Waals surface area contributed by atoms with Crippen molar-refractivity contribution in [1.29, 1.82) is 0 Å². The monoisotopic (exact) mass is 471 g/mol. The van der Waals surface area contributed by atoms with E-state index >= 15 is 0 Å². The van der Waals surface area contributed by atoms with Gasteiger partial charge in [0.25, 0.3) is 5.91 Å². The molecule has 0 aliphatic carbocycles. The lowest BCUT2D eigenvalue weighted by atomic mass is 10.2. The molecule has 1 N–H and O–H groups in total. The summed E-state index contributed by atoms with van der Waals surface area (Å²) in [4.78, 5) is 33.0. The maximum absolute atomic E-state index is 13.0. The highest BCUT2D eigenvalue weighted by Crippen LogP contribution is 2.30. The zero-order valence-corrected chi connectivity index (χ0v) is 19.4. The van der Waals surface area contributed by atoms with Crippen molar-refractivity contribution in [3.8, 4) is 11.3 Å². The van der Waals surface area contributed by atoms with Crippen LogP contribution in [0.2, 0.25) is 0 Å². The summed E-state index contributed by atoms with van der Waals surface area (Å²) in [6.07, 6.45) is 0.879. The van der Waals surface area contributed by atoms with Gasteiger partial charge in [0.1, 0.15) is 0 Å². The van der Waals surface area contributed by atoms with Gasteiger partial charge in [0.15, 0.2) is 5.13 Å². The number of aromatic nitrogens is 1. The third-order valence-electron chi connectivity index (χ3n) is 5.47. The molecule has 0 atom stereocenters. The lowest BCUT2D eigenvalue weighted by Gasteiger charge is -2.17. The summed E-state index contributed by atoms with van der Waals surface area (Å²) in [5.41, 5.74) is 4.57. The van der Waals surface area contributed by atoms with Crippen LogP contribution in [0.4, 0.5) is 10.8 Å². The van der Waals surface area contributed by atoms with Crippen molar-refractivity contribution in [1.82, 2.24) is 4.98 Å². The fourth-order valence-electron chi connectivity index (χ4n) is 3.83. The van der Waals surface area contributed by atoms with Crippen LogP contribution in [-0.2, 0) is 11.2 Å². The zero-order chi connectivity index (χ0) is 22.6. The van der Waals surface area contributed by atoms with Gasteiger partial charge in [0, 0.05) is 28.1 Å². The highest BCUT2D eigenvalue weighted by atomic mass is 32.2. The number of thioether (sulfide) groups is 1. The van der Waals surface area contributed by atoms with Gasteiger partial charge >= 0.3 is 0 Å². The SMILES string of the molecule is O=C(Nc1nc(-c2ccccc2)cs1)c1ccccc1SCC(=O)N1CCc2ccccc21. The number of thiazole rings is 1. The van der Waals surface area contributed by atoms with Crippen LogP contribution in [0.25, 0.3) is 11.3 Å². The van der Waals surface area contributed by atoms with E-state index in [2.05, 4.69) is 16.4 Å². The number of para-hydroxylation sites is 1. The first-order chi connectivity index (χ1) is 16.2. The van der Waals surface area contributed by atoms with Crippen LogP contribution in [0, 0.1) is 0 Å². The molecule has 33 heavy (non-hydrogen) atoms. The largest absolute Gasteiger partial charge is 0.311 e. The fraction of sp³-hybridized carbons (Fsp3) is 0.115. The van der Waals surface area contributed by atoms with Crippen molar-refractivity contribution in [3.05, 3.63) is 95.4 Å². The molecule has 0 unspecified atom stereocenters. The molecule has 1 aliphatic heterocycles. The number of fused-ring (bicyclic) bond motifs is 1. The van der Waals surface area contributed by atoms with Crippen LogP contribution in [0.15, 0.2) is 89.1 Å². The molecule has 164 valence electrons. The second kappa shape index (κ2) is 9.60. The Kier molecular flexibility index (Phi) is 6.24. The Labute approximate surface area is 200 Å². The molecule has 5 rings (SSSR count). The van der Waals surface area contributed by atoms with Gasteiger partial charge < -0.3 is 4.90 Å². The van der Waals surface area contributed by atoms with Crippen molar-refractivity contribution in [2.24, 2.45) is 0 Å². The molecule has 0 radical (unpaired) electrons. The third-order valence-corrected chi connectivity index (χ3v) is 7.28. The number of anilines is 2. The lowest BCUT2D eigenvalue weighted by molar-refractivity contribution is -0.116. The first kappa shape index (κ1) is 21.4. The maximum Gasteiger partial charge on any atom is 0.258 e. The van der Waals surface area contributed by atoms with Gasteiger partial charge in [-0.05, 0) is 30.2 Å². The molecule has 2 amide bonds. The number of rotatable bonds is 6. The number of carbonyl (C=O) groups is 2. The van der Waals surface area contributed by atoms with Gasteiger partial charge in [-0.2, -0.15) is 0 Å². The second-order valence-corrected chi connectivity index (χ2v) is 9.44. The molecule has 1 aliphatic rings. The van der Waals surface area contributed by atoms with Gasteiger partial charge in [-0.15, -0.1) is 23.1 Å². The summed E-state index contributed by atoms with van der Waals surface area (Å²) >= 11 is 2.78. The number of hydrogen-bond acceptors (Lipinski definition) is 5. The molecule has 0 saturated carbocycles. The quantitative estimate of drug-likeness (QED) is 0.364. The molecule has 7 heteroatoms. The minimum atomic E-state index is -0.231. The van der Waals surface area contributed by atoms with Crippen LogP contribution < -0.4 is 10.2 Å². The van der Waals surface area contributed by atoms with Gasteiger partial charge in [-0.25, -0.2) is 4.98 Å². The number of nitrogens with one attached hydrogen (secondary N) is 1. The van der Waals surface area contributed by atoms with Crippen LogP contribution in [-0.4, -0.2) is 29.1 Å². The van der Waals surface area contributed by atoms with E-state index in [0.717, 1.165) is 28.3 Å². The summed E-state index contributed by atoms with van der Waals surface area (Å²) in [5.74, 6) is 0.0900. The molecule has 0 bridgehead atoms. The lowest BCUT2D eigenvalue weighted by Crippen LogP contribution is -2.30. The average molecular weight is 472 g/mol. The number of hydrogen-bond donors (Lipinski definition) is 1. The molecule has 0 fully saturated rings. The number of nitrogens with zero attached hydrogens (tertiary/aromatic N) is 2. The maximum atomic E-state index is 13.0. The van der Waals surface area contributed by atoms with Crippen molar-refractivity contribution in [2.45, 2.75) is 11.3 Å². The summed E-state index contributed by atoms with van der Waals surface area (Å²) in [6, 6.07) is 25.2. The molecular weight excluding hydrogens is 450 g/mol. The Morgan fingerprint density at radius 1 is 0.970 bits per heavy atom. The Bertz CT molecular complexity index is 1300. The summed E-state index contributed by atoms with van der Waals surface area (Å²) in [5, 5.41) is 5.38. The van der Waals surface area contributed by atoms with Gasteiger partial charge in [-0.3, -0.25) is 14.9 Å². The van der Waals surface area contributed by atoms with E-state index < -0.39 is 0 Å². The van der Waals surface area contributed by atoms with E-state index in [1.54, 1.807) is 6.07 Å². The smallest absolute Gasteiger partial charge is 0.258 e. The Balaban J connectivity index is 1.26. The van der Waals surface area contributed by atoms with Crippen LogP contribution in [0.5, 0.6) is 0 Å². The summed E-state index contributed by atoms with van der Waals surface area (Å²) in [7, 11) is 0. The number of amides is 2. The molecule has 0 spiro atoms. The van der Waals surface area contributed by atoms with Crippen LogP contribution in [0.3, 0.4) is 0 Å². The van der Waals surface area contributed by atoms with Gasteiger partial charge in [0.05, 0.1) is 17.0 Å². The Morgan fingerprint density at radius 3 is 2.61 bits per heavy atom. The van der Waals surface area contributed by atoms with Gasteiger partial charge in [0.2, 0.25) is 5.91 Å². The molecule has 3 aromatic carbocycles. The van der Waals surface area contributed by atoms with Crippen molar-refractivity contribution in [2.75, 3.05) is 22.5 Å². The van der Waals surface area contributed by atoms with E-state index in [0.29, 0.717) is 17.2 Å². The van der Waals surface area contributed by atoms with E-state index in [-0.39, 0.29) is 17.6 Å². The molecule has 2 heterocycles. The average Bonchev–Trinajstić information content (AvgIpc) is 3.50. The van der Waals surface area contributed by atoms with E-state index in [1.807, 2.05) is 77.0 Å². The van der Waals surface area contributed by atoms with Crippen LogP contribution >= 0.6 is 23.1 Å².